The minimum Gasteiger partial charge on any atom is -0.591 e. The molecule has 0 saturated carbocycles. The van der Waals surface area contributed by atoms with E-state index >= 15 is 0 Å². The standard InChI is InChI=1S/C22H24FN3O2S/c1-13-11-16(14(2)25-29(28)22(3,4)5)19-17(12-13)21(27)26(6)20(24-19)15-9-7-8-10-18(15)23/h7-12H,1-6H3/t29-/m1/s1. The van der Waals surface area contributed by atoms with Gasteiger partial charge in [-0.3, -0.25) is 9.36 Å². The fourth-order valence-corrected chi connectivity index (χ4v) is 3.61. The lowest BCUT2D eigenvalue weighted by atomic mass is 10.0. The zero-order chi connectivity index (χ0) is 21.5. The zero-order valence-corrected chi connectivity index (χ0v) is 18.2. The van der Waals surface area contributed by atoms with E-state index in [0.29, 0.717) is 22.2 Å². The largest absolute Gasteiger partial charge is 0.591 e. The van der Waals surface area contributed by atoms with Crippen LogP contribution in [0.3, 0.4) is 0 Å². The van der Waals surface area contributed by atoms with Gasteiger partial charge in [-0.25, -0.2) is 9.37 Å². The highest BCUT2D eigenvalue weighted by molar-refractivity contribution is 7.91. The molecular formula is C22H24FN3O2S. The Balaban J connectivity index is 2.34. The molecule has 1 heterocycles. The summed E-state index contributed by atoms with van der Waals surface area (Å²) in [7, 11) is 1.58. The molecule has 29 heavy (non-hydrogen) atoms. The lowest BCUT2D eigenvalue weighted by Crippen LogP contribution is -2.27. The van der Waals surface area contributed by atoms with E-state index in [1.54, 1.807) is 38.2 Å². The molecule has 3 rings (SSSR count). The van der Waals surface area contributed by atoms with Crippen LogP contribution in [0.4, 0.5) is 4.39 Å². The van der Waals surface area contributed by atoms with E-state index in [2.05, 4.69) is 9.38 Å². The number of fused-ring (bicyclic) bond motifs is 1. The molecule has 0 amide bonds. The van der Waals surface area contributed by atoms with Gasteiger partial charge in [0.25, 0.3) is 5.56 Å². The number of halogens is 1. The molecule has 0 saturated heterocycles. The van der Waals surface area contributed by atoms with Gasteiger partial charge < -0.3 is 4.55 Å². The second kappa shape index (κ2) is 7.72. The lowest BCUT2D eigenvalue weighted by molar-refractivity contribution is 0.561. The highest BCUT2D eigenvalue weighted by Crippen LogP contribution is 2.25. The van der Waals surface area contributed by atoms with Crippen molar-refractivity contribution in [1.29, 1.82) is 0 Å². The van der Waals surface area contributed by atoms with Crippen LogP contribution in [0.25, 0.3) is 22.3 Å². The van der Waals surface area contributed by atoms with Crippen molar-refractivity contribution < 1.29 is 8.94 Å². The summed E-state index contributed by atoms with van der Waals surface area (Å²) >= 11 is -1.46. The molecule has 5 nitrogen and oxygen atoms in total. The predicted molar refractivity (Wildman–Crippen MR) is 117 cm³/mol. The smallest absolute Gasteiger partial charge is 0.261 e. The van der Waals surface area contributed by atoms with E-state index in [1.807, 2.05) is 33.8 Å². The molecule has 152 valence electrons. The van der Waals surface area contributed by atoms with Crippen LogP contribution in [0.2, 0.25) is 0 Å². The van der Waals surface area contributed by atoms with Gasteiger partial charge in [0, 0.05) is 12.6 Å². The molecule has 0 fully saturated rings. The number of hydrogen-bond acceptors (Lipinski definition) is 4. The van der Waals surface area contributed by atoms with Crippen LogP contribution in [0.15, 0.2) is 45.6 Å². The van der Waals surface area contributed by atoms with Crippen LogP contribution in [-0.2, 0) is 18.4 Å². The molecule has 1 atom stereocenters. The second-order valence-electron chi connectivity index (χ2n) is 8.03. The Morgan fingerprint density at radius 3 is 2.52 bits per heavy atom. The first-order valence-corrected chi connectivity index (χ1v) is 10.4. The van der Waals surface area contributed by atoms with Gasteiger partial charge in [-0.05, 0) is 64.4 Å². The molecule has 3 aromatic rings. The van der Waals surface area contributed by atoms with Gasteiger partial charge in [0.2, 0.25) is 0 Å². The summed E-state index contributed by atoms with van der Waals surface area (Å²) in [6, 6.07) is 9.83. The van der Waals surface area contributed by atoms with Crippen molar-refractivity contribution in [3.63, 3.8) is 0 Å². The van der Waals surface area contributed by atoms with Gasteiger partial charge in [0.15, 0.2) is 0 Å². The maximum absolute atomic E-state index is 14.4. The minimum absolute atomic E-state index is 0.232. The third-order valence-corrected chi connectivity index (χ3v) is 6.06. The topological polar surface area (TPSA) is 70.3 Å². The van der Waals surface area contributed by atoms with Crippen molar-refractivity contribution >= 4 is 28.0 Å². The Kier molecular flexibility index (Phi) is 5.65. The first-order chi connectivity index (χ1) is 13.5. The first-order valence-electron chi connectivity index (χ1n) is 9.24. The van der Waals surface area contributed by atoms with Crippen molar-refractivity contribution in [1.82, 2.24) is 9.55 Å². The summed E-state index contributed by atoms with van der Waals surface area (Å²) in [5.74, 6) is -0.224. The SMILES string of the molecule is CC(=N[S@+]([O-])C(C)(C)C)c1cc(C)cc2c(=O)n(C)c(-c3ccccc3F)nc12. The average molecular weight is 414 g/mol. The van der Waals surface area contributed by atoms with E-state index in [-0.39, 0.29) is 16.9 Å². The van der Waals surface area contributed by atoms with Crippen LogP contribution < -0.4 is 5.56 Å². The Labute approximate surface area is 172 Å². The van der Waals surface area contributed by atoms with Crippen molar-refractivity contribution in [2.24, 2.45) is 11.4 Å². The summed E-state index contributed by atoms with van der Waals surface area (Å²) in [5, 5.41) is 0.415. The summed E-state index contributed by atoms with van der Waals surface area (Å²) in [6.45, 7) is 9.16. The Morgan fingerprint density at radius 2 is 1.90 bits per heavy atom. The fraction of sp³-hybridized carbons (Fsp3) is 0.318. The molecule has 1 aromatic heterocycles. The molecule has 0 bridgehead atoms. The van der Waals surface area contributed by atoms with E-state index in [4.69, 9.17) is 0 Å². The predicted octanol–water partition coefficient (Wildman–Crippen LogP) is 4.32. The van der Waals surface area contributed by atoms with Crippen LogP contribution in [0.1, 0.15) is 38.8 Å². The van der Waals surface area contributed by atoms with Crippen LogP contribution in [0, 0.1) is 12.7 Å². The summed E-state index contributed by atoms with van der Waals surface area (Å²) < 4.78 is 32.1. The van der Waals surface area contributed by atoms with Gasteiger partial charge >= 0.3 is 0 Å². The molecule has 0 N–H and O–H groups in total. The average Bonchev–Trinajstić information content (AvgIpc) is 2.64. The molecule has 2 aromatic carbocycles. The molecule has 0 unspecified atom stereocenters. The number of aryl methyl sites for hydroxylation is 1. The highest BCUT2D eigenvalue weighted by atomic mass is 32.2. The Hall–Kier alpha value is -2.51. The number of rotatable bonds is 3. The van der Waals surface area contributed by atoms with Gasteiger partial charge in [0.1, 0.15) is 27.8 Å². The third-order valence-electron chi connectivity index (χ3n) is 4.57. The molecular weight excluding hydrogens is 389 g/mol. The molecule has 7 heteroatoms. The van der Waals surface area contributed by atoms with Crippen LogP contribution >= 0.6 is 0 Å². The molecule has 0 spiro atoms. The number of hydrogen-bond donors (Lipinski definition) is 0. The Morgan fingerprint density at radius 1 is 1.24 bits per heavy atom. The van der Waals surface area contributed by atoms with Crippen LogP contribution in [-0.4, -0.2) is 24.6 Å². The van der Waals surface area contributed by atoms with E-state index in [1.165, 1.54) is 10.6 Å². The number of benzene rings is 2. The van der Waals surface area contributed by atoms with Crippen molar-refractivity contribution in [2.45, 2.75) is 39.4 Å². The van der Waals surface area contributed by atoms with Gasteiger partial charge in [-0.2, -0.15) is 0 Å². The van der Waals surface area contributed by atoms with E-state index < -0.39 is 21.9 Å². The quantitative estimate of drug-likeness (QED) is 0.474. The van der Waals surface area contributed by atoms with E-state index in [9.17, 15) is 13.7 Å². The van der Waals surface area contributed by atoms with Gasteiger partial charge in [-0.1, -0.05) is 16.5 Å². The summed E-state index contributed by atoms with van der Waals surface area (Å²) in [6.07, 6.45) is 0. The second-order valence-corrected chi connectivity index (χ2v) is 9.93. The number of nitrogens with zero attached hydrogens (tertiary/aromatic N) is 3. The van der Waals surface area contributed by atoms with Gasteiger partial charge in [0.05, 0.1) is 22.2 Å². The van der Waals surface area contributed by atoms with Crippen molar-refractivity contribution in [2.75, 3.05) is 0 Å². The molecule has 0 radical (unpaired) electrons. The molecule has 0 aliphatic heterocycles. The fourth-order valence-electron chi connectivity index (χ4n) is 2.99. The summed E-state index contributed by atoms with van der Waals surface area (Å²) in [4.78, 5) is 17.7. The first kappa shape index (κ1) is 21.2. The lowest BCUT2D eigenvalue weighted by Gasteiger charge is -2.19. The third kappa shape index (κ3) is 4.11. The number of aromatic nitrogens is 2. The molecule has 0 aliphatic carbocycles. The monoisotopic (exact) mass is 413 g/mol. The van der Waals surface area contributed by atoms with Crippen LogP contribution in [0.5, 0.6) is 0 Å². The minimum atomic E-state index is -1.46. The van der Waals surface area contributed by atoms with Crippen molar-refractivity contribution in [3.05, 3.63) is 63.7 Å². The van der Waals surface area contributed by atoms with Crippen molar-refractivity contribution in [3.8, 4) is 11.4 Å². The molecule has 0 aliphatic rings. The highest BCUT2D eigenvalue weighted by Gasteiger charge is 2.27. The van der Waals surface area contributed by atoms with E-state index in [0.717, 1.165) is 5.56 Å². The maximum Gasteiger partial charge on any atom is 0.261 e. The van der Waals surface area contributed by atoms with Gasteiger partial charge in [-0.15, -0.1) is 0 Å². The Bertz CT molecular complexity index is 1180. The normalized spacial score (nSPS) is 13.7. The zero-order valence-electron chi connectivity index (χ0n) is 17.4. The maximum atomic E-state index is 14.4. The summed E-state index contributed by atoms with van der Waals surface area (Å²) in [5.41, 5.74) is 2.39.